The summed E-state index contributed by atoms with van der Waals surface area (Å²) >= 11 is 0. The van der Waals surface area contributed by atoms with Crippen molar-refractivity contribution in [3.05, 3.63) is 35.6 Å². The van der Waals surface area contributed by atoms with Crippen molar-refractivity contribution in [1.29, 1.82) is 0 Å². The summed E-state index contributed by atoms with van der Waals surface area (Å²) in [6.07, 6.45) is 7.14. The van der Waals surface area contributed by atoms with E-state index in [1.165, 1.54) is 31.2 Å². The molecular weight excluding hydrogens is 329 g/mol. The second-order valence-electron chi connectivity index (χ2n) is 8.37. The van der Waals surface area contributed by atoms with Gasteiger partial charge in [-0.1, -0.05) is 25.0 Å². The van der Waals surface area contributed by atoms with E-state index in [9.17, 15) is 4.39 Å². The highest BCUT2D eigenvalue weighted by molar-refractivity contribution is 5.80. The normalized spacial score (nSPS) is 28.2. The smallest absolute Gasteiger partial charge is 0.193 e. The fraction of sp³-hybridized carbons (Fsp3) is 0.667. The van der Waals surface area contributed by atoms with Gasteiger partial charge in [0, 0.05) is 44.1 Å². The number of nitrogens with zero attached hydrogens (tertiary/aromatic N) is 2. The standard InChI is InChI=1S/C21H30FN3O/c1-23-19(25-12-10-20(15-25)11-13-26-16-20)24-14-21(8-2-3-9-21)17-4-6-18(22)7-5-17/h4-7H,2-3,8-16H2,1H3,(H,23,24). The van der Waals surface area contributed by atoms with Crippen LogP contribution in [0, 0.1) is 11.2 Å². The zero-order valence-corrected chi connectivity index (χ0v) is 15.8. The number of rotatable bonds is 3. The molecule has 142 valence electrons. The zero-order valence-electron chi connectivity index (χ0n) is 15.8. The molecule has 2 saturated heterocycles. The molecule has 1 saturated carbocycles. The topological polar surface area (TPSA) is 36.9 Å². The lowest BCUT2D eigenvalue weighted by atomic mass is 9.79. The fourth-order valence-corrected chi connectivity index (χ4v) is 5.09. The molecule has 1 atom stereocenters. The third-order valence-electron chi connectivity index (χ3n) is 6.74. The van der Waals surface area contributed by atoms with Gasteiger partial charge < -0.3 is 15.0 Å². The number of hydrogen-bond acceptors (Lipinski definition) is 2. The molecule has 0 bridgehead atoms. The van der Waals surface area contributed by atoms with Crippen molar-refractivity contribution < 1.29 is 9.13 Å². The van der Waals surface area contributed by atoms with E-state index in [2.05, 4.69) is 15.2 Å². The van der Waals surface area contributed by atoms with Crippen molar-refractivity contribution in [1.82, 2.24) is 10.2 Å². The van der Waals surface area contributed by atoms with Gasteiger partial charge in [0.05, 0.1) is 6.61 Å². The molecule has 2 heterocycles. The highest BCUT2D eigenvalue weighted by Crippen LogP contribution is 2.41. The molecule has 4 rings (SSSR count). The minimum Gasteiger partial charge on any atom is -0.381 e. The number of ether oxygens (including phenoxy) is 1. The Balaban J connectivity index is 1.44. The van der Waals surface area contributed by atoms with E-state index in [-0.39, 0.29) is 11.2 Å². The molecule has 1 N–H and O–H groups in total. The minimum absolute atomic E-state index is 0.0948. The van der Waals surface area contributed by atoms with E-state index in [4.69, 9.17) is 4.74 Å². The molecule has 3 fully saturated rings. The zero-order chi connectivity index (χ0) is 18.0. The Morgan fingerprint density at radius 1 is 1.19 bits per heavy atom. The van der Waals surface area contributed by atoms with E-state index in [0.29, 0.717) is 5.41 Å². The van der Waals surface area contributed by atoms with Crippen LogP contribution in [0.3, 0.4) is 0 Å². The van der Waals surface area contributed by atoms with E-state index < -0.39 is 0 Å². The fourth-order valence-electron chi connectivity index (χ4n) is 5.09. The predicted molar refractivity (Wildman–Crippen MR) is 102 cm³/mol. The molecule has 1 aromatic carbocycles. The molecule has 1 aliphatic carbocycles. The monoisotopic (exact) mass is 359 g/mol. The van der Waals surface area contributed by atoms with E-state index in [1.807, 2.05) is 19.2 Å². The Bertz CT molecular complexity index is 646. The molecule has 1 unspecified atom stereocenters. The molecule has 0 aromatic heterocycles. The minimum atomic E-state index is -0.160. The average molecular weight is 359 g/mol. The molecule has 0 radical (unpaired) electrons. The number of halogens is 1. The van der Waals surface area contributed by atoms with Gasteiger partial charge in [-0.3, -0.25) is 4.99 Å². The third kappa shape index (κ3) is 3.34. The number of benzene rings is 1. The van der Waals surface area contributed by atoms with E-state index >= 15 is 0 Å². The Morgan fingerprint density at radius 2 is 1.96 bits per heavy atom. The molecule has 5 heteroatoms. The Labute approximate surface area is 155 Å². The summed E-state index contributed by atoms with van der Waals surface area (Å²) in [5, 5.41) is 3.65. The molecule has 0 amide bonds. The molecular formula is C21H30FN3O. The molecule has 2 aliphatic heterocycles. The first kappa shape index (κ1) is 17.8. The van der Waals surface area contributed by atoms with Gasteiger partial charge in [-0.15, -0.1) is 0 Å². The van der Waals surface area contributed by atoms with Gasteiger partial charge in [0.2, 0.25) is 0 Å². The van der Waals surface area contributed by atoms with E-state index in [0.717, 1.165) is 51.6 Å². The Morgan fingerprint density at radius 3 is 2.62 bits per heavy atom. The summed E-state index contributed by atoms with van der Waals surface area (Å²) in [6.45, 7) is 4.74. The largest absolute Gasteiger partial charge is 0.381 e. The van der Waals surface area contributed by atoms with Crippen LogP contribution < -0.4 is 5.32 Å². The average Bonchev–Trinajstić information content (AvgIpc) is 3.40. The van der Waals surface area contributed by atoms with Crippen LogP contribution in [0.1, 0.15) is 44.1 Å². The lowest BCUT2D eigenvalue weighted by molar-refractivity contribution is 0.156. The van der Waals surface area contributed by atoms with Crippen LogP contribution in [0.25, 0.3) is 0 Å². The van der Waals surface area contributed by atoms with Crippen LogP contribution in [0.4, 0.5) is 4.39 Å². The molecule has 4 nitrogen and oxygen atoms in total. The second kappa shape index (κ2) is 7.18. The van der Waals surface area contributed by atoms with Crippen LogP contribution in [-0.4, -0.2) is 50.8 Å². The van der Waals surface area contributed by atoms with Crippen LogP contribution >= 0.6 is 0 Å². The number of likely N-dealkylation sites (tertiary alicyclic amines) is 1. The summed E-state index contributed by atoms with van der Waals surface area (Å²) in [6, 6.07) is 7.11. The van der Waals surface area contributed by atoms with Crippen LogP contribution in [0.2, 0.25) is 0 Å². The van der Waals surface area contributed by atoms with Gasteiger partial charge >= 0.3 is 0 Å². The summed E-state index contributed by atoms with van der Waals surface area (Å²) in [5.41, 5.74) is 1.68. The van der Waals surface area contributed by atoms with Crippen molar-refractivity contribution >= 4 is 5.96 Å². The van der Waals surface area contributed by atoms with Gasteiger partial charge in [-0.2, -0.15) is 0 Å². The second-order valence-corrected chi connectivity index (χ2v) is 8.37. The van der Waals surface area contributed by atoms with Crippen molar-refractivity contribution in [2.24, 2.45) is 10.4 Å². The molecule has 26 heavy (non-hydrogen) atoms. The van der Waals surface area contributed by atoms with Crippen LogP contribution in [-0.2, 0) is 10.2 Å². The SMILES string of the molecule is CN=C(NCC1(c2ccc(F)cc2)CCCC1)N1CCC2(CCOC2)C1. The molecule has 1 spiro atoms. The lowest BCUT2D eigenvalue weighted by Gasteiger charge is -2.33. The van der Waals surface area contributed by atoms with Crippen molar-refractivity contribution in [2.45, 2.75) is 43.9 Å². The molecule has 1 aromatic rings. The quantitative estimate of drug-likeness (QED) is 0.664. The third-order valence-corrected chi connectivity index (χ3v) is 6.74. The van der Waals surface area contributed by atoms with Gasteiger partial charge in [-0.25, -0.2) is 4.39 Å². The van der Waals surface area contributed by atoms with Crippen LogP contribution in [0.15, 0.2) is 29.3 Å². The maximum absolute atomic E-state index is 13.4. The molecule has 3 aliphatic rings. The highest BCUT2D eigenvalue weighted by Gasteiger charge is 2.43. The van der Waals surface area contributed by atoms with Crippen molar-refractivity contribution in [2.75, 3.05) is 39.9 Å². The number of aliphatic imine (C=N–C) groups is 1. The number of hydrogen-bond donors (Lipinski definition) is 1. The number of nitrogens with one attached hydrogen (secondary N) is 1. The van der Waals surface area contributed by atoms with E-state index in [1.54, 1.807) is 12.1 Å². The van der Waals surface area contributed by atoms with Gasteiger partial charge in [0.25, 0.3) is 0 Å². The first-order valence-electron chi connectivity index (χ1n) is 9.94. The first-order valence-corrected chi connectivity index (χ1v) is 9.94. The first-order chi connectivity index (χ1) is 12.6. The van der Waals surface area contributed by atoms with Gasteiger partial charge in [0.1, 0.15) is 5.82 Å². The highest BCUT2D eigenvalue weighted by atomic mass is 19.1. The number of guanidine groups is 1. The summed E-state index contributed by atoms with van der Waals surface area (Å²) in [4.78, 5) is 6.95. The maximum atomic E-state index is 13.4. The predicted octanol–water partition coefficient (Wildman–Crippen LogP) is 3.33. The Hall–Kier alpha value is -1.62. The maximum Gasteiger partial charge on any atom is 0.193 e. The van der Waals surface area contributed by atoms with Crippen LogP contribution in [0.5, 0.6) is 0 Å². The lowest BCUT2D eigenvalue weighted by Crippen LogP contribution is -2.46. The summed E-state index contributed by atoms with van der Waals surface area (Å²) < 4.78 is 19.0. The van der Waals surface area contributed by atoms with Gasteiger partial charge in [0.15, 0.2) is 5.96 Å². The van der Waals surface area contributed by atoms with Crippen molar-refractivity contribution in [3.63, 3.8) is 0 Å². The summed E-state index contributed by atoms with van der Waals surface area (Å²) in [7, 11) is 1.87. The Kier molecular flexibility index (Phi) is 4.91. The van der Waals surface area contributed by atoms with Gasteiger partial charge in [-0.05, 0) is 43.4 Å². The summed E-state index contributed by atoms with van der Waals surface area (Å²) in [5.74, 6) is 0.842. The van der Waals surface area contributed by atoms with Crippen molar-refractivity contribution in [3.8, 4) is 0 Å².